The predicted molar refractivity (Wildman–Crippen MR) is 59.3 cm³/mol. The molecule has 2 saturated heterocycles. The molecule has 2 aliphatic rings. The van der Waals surface area contributed by atoms with Gasteiger partial charge in [-0.2, -0.15) is 0 Å². The second kappa shape index (κ2) is 4.60. The van der Waals surface area contributed by atoms with Crippen molar-refractivity contribution >= 4 is 0 Å². The van der Waals surface area contributed by atoms with Gasteiger partial charge in [0, 0.05) is 19.6 Å². The van der Waals surface area contributed by atoms with E-state index >= 15 is 0 Å². The molecule has 0 aromatic heterocycles. The first-order valence-corrected chi connectivity index (χ1v) is 5.83. The van der Waals surface area contributed by atoms with Crippen LogP contribution in [0.2, 0.25) is 0 Å². The summed E-state index contributed by atoms with van der Waals surface area (Å²) in [6.45, 7) is 7.66. The highest BCUT2D eigenvalue weighted by Crippen LogP contribution is 2.18. The standard InChI is InChI=1S/C11H23N3/c1-12-5-3-11(4-6-12)9-14-8-7-13(2)10-14/h11H,3-10H2,1-2H3. The van der Waals surface area contributed by atoms with E-state index in [2.05, 4.69) is 28.8 Å². The summed E-state index contributed by atoms with van der Waals surface area (Å²) in [7, 11) is 4.45. The fourth-order valence-corrected chi connectivity index (χ4v) is 2.55. The van der Waals surface area contributed by atoms with Crippen LogP contribution in [0.4, 0.5) is 0 Å². The number of likely N-dealkylation sites (tertiary alicyclic amines) is 1. The monoisotopic (exact) mass is 197 g/mol. The van der Waals surface area contributed by atoms with Crippen molar-refractivity contribution in [3.63, 3.8) is 0 Å². The molecule has 0 spiro atoms. The highest BCUT2D eigenvalue weighted by Gasteiger charge is 2.22. The SMILES string of the molecule is CN1CCC(CN2CCN(C)C2)CC1. The third-order valence-corrected chi connectivity index (χ3v) is 3.59. The second-order valence-corrected chi connectivity index (χ2v) is 5.04. The first-order chi connectivity index (χ1) is 6.74. The molecule has 0 N–H and O–H groups in total. The Morgan fingerprint density at radius 1 is 0.929 bits per heavy atom. The van der Waals surface area contributed by atoms with Crippen LogP contribution >= 0.6 is 0 Å². The first kappa shape index (κ1) is 10.4. The molecule has 0 bridgehead atoms. The Morgan fingerprint density at radius 3 is 2.21 bits per heavy atom. The lowest BCUT2D eigenvalue weighted by Gasteiger charge is -2.31. The third-order valence-electron chi connectivity index (χ3n) is 3.59. The number of piperidine rings is 1. The second-order valence-electron chi connectivity index (χ2n) is 5.04. The van der Waals surface area contributed by atoms with Crippen molar-refractivity contribution in [1.82, 2.24) is 14.7 Å². The van der Waals surface area contributed by atoms with Crippen molar-refractivity contribution in [3.05, 3.63) is 0 Å². The quantitative estimate of drug-likeness (QED) is 0.639. The van der Waals surface area contributed by atoms with E-state index in [9.17, 15) is 0 Å². The molecule has 0 radical (unpaired) electrons. The van der Waals surface area contributed by atoms with E-state index in [1.54, 1.807) is 0 Å². The van der Waals surface area contributed by atoms with Crippen LogP contribution in [0.1, 0.15) is 12.8 Å². The predicted octanol–water partition coefficient (Wildman–Crippen LogP) is 0.533. The topological polar surface area (TPSA) is 9.72 Å². The molecular weight excluding hydrogens is 174 g/mol. The van der Waals surface area contributed by atoms with Crippen LogP contribution in [-0.2, 0) is 0 Å². The zero-order chi connectivity index (χ0) is 9.97. The van der Waals surface area contributed by atoms with Crippen LogP contribution in [0.15, 0.2) is 0 Å². The molecule has 14 heavy (non-hydrogen) atoms. The van der Waals surface area contributed by atoms with E-state index in [1.807, 2.05) is 0 Å². The van der Waals surface area contributed by atoms with Gasteiger partial charge in [-0.1, -0.05) is 0 Å². The van der Waals surface area contributed by atoms with Gasteiger partial charge in [0.2, 0.25) is 0 Å². The molecule has 0 atom stereocenters. The summed E-state index contributed by atoms with van der Waals surface area (Å²) in [6.07, 6.45) is 2.80. The molecule has 2 heterocycles. The van der Waals surface area contributed by atoms with Crippen LogP contribution in [-0.4, -0.2) is 68.2 Å². The van der Waals surface area contributed by atoms with Gasteiger partial charge >= 0.3 is 0 Å². The zero-order valence-corrected chi connectivity index (χ0v) is 9.58. The largest absolute Gasteiger partial charge is 0.306 e. The van der Waals surface area contributed by atoms with Crippen molar-refractivity contribution in [1.29, 1.82) is 0 Å². The van der Waals surface area contributed by atoms with Gasteiger partial charge in [0.05, 0.1) is 6.67 Å². The van der Waals surface area contributed by atoms with Gasteiger partial charge in [0.1, 0.15) is 0 Å². The van der Waals surface area contributed by atoms with Crippen molar-refractivity contribution in [3.8, 4) is 0 Å². The van der Waals surface area contributed by atoms with Gasteiger partial charge in [-0.15, -0.1) is 0 Å². The van der Waals surface area contributed by atoms with Crippen molar-refractivity contribution in [2.75, 3.05) is 53.5 Å². The Balaban J connectivity index is 1.70. The normalized spacial score (nSPS) is 28.7. The van der Waals surface area contributed by atoms with Crippen LogP contribution < -0.4 is 0 Å². The smallest absolute Gasteiger partial charge is 0.0504 e. The van der Waals surface area contributed by atoms with Crippen molar-refractivity contribution in [2.24, 2.45) is 5.92 Å². The van der Waals surface area contributed by atoms with Gasteiger partial charge in [-0.05, 0) is 45.9 Å². The molecule has 3 nitrogen and oxygen atoms in total. The molecule has 2 rings (SSSR count). The summed E-state index contributed by atoms with van der Waals surface area (Å²) < 4.78 is 0. The van der Waals surface area contributed by atoms with Gasteiger partial charge in [0.25, 0.3) is 0 Å². The molecule has 2 aliphatic heterocycles. The van der Waals surface area contributed by atoms with E-state index in [-0.39, 0.29) is 0 Å². The van der Waals surface area contributed by atoms with Crippen LogP contribution in [0.3, 0.4) is 0 Å². The Bertz CT molecular complexity index is 175. The maximum Gasteiger partial charge on any atom is 0.0504 e. The lowest BCUT2D eigenvalue weighted by atomic mass is 9.97. The van der Waals surface area contributed by atoms with E-state index in [0.717, 1.165) is 5.92 Å². The summed E-state index contributed by atoms with van der Waals surface area (Å²) >= 11 is 0. The molecule has 0 aromatic carbocycles. The summed E-state index contributed by atoms with van der Waals surface area (Å²) in [5.41, 5.74) is 0. The van der Waals surface area contributed by atoms with Gasteiger partial charge in [-0.25, -0.2) is 0 Å². The molecule has 2 fully saturated rings. The van der Waals surface area contributed by atoms with E-state index < -0.39 is 0 Å². The van der Waals surface area contributed by atoms with Gasteiger partial charge in [-0.3, -0.25) is 9.80 Å². The Morgan fingerprint density at radius 2 is 1.64 bits per heavy atom. The minimum absolute atomic E-state index is 0.956. The molecule has 82 valence electrons. The molecule has 0 aromatic rings. The molecule has 3 heteroatoms. The molecular formula is C11H23N3. The van der Waals surface area contributed by atoms with E-state index in [1.165, 1.54) is 52.2 Å². The van der Waals surface area contributed by atoms with Gasteiger partial charge < -0.3 is 4.90 Å². The van der Waals surface area contributed by atoms with E-state index in [4.69, 9.17) is 0 Å². The first-order valence-electron chi connectivity index (χ1n) is 5.83. The number of likely N-dealkylation sites (N-methyl/N-ethyl adjacent to an activating group) is 1. The van der Waals surface area contributed by atoms with Crippen molar-refractivity contribution in [2.45, 2.75) is 12.8 Å². The Labute approximate surface area is 87.7 Å². The third kappa shape index (κ3) is 2.69. The summed E-state index contributed by atoms with van der Waals surface area (Å²) in [4.78, 5) is 7.47. The fourth-order valence-electron chi connectivity index (χ4n) is 2.55. The summed E-state index contributed by atoms with van der Waals surface area (Å²) in [6, 6.07) is 0. The summed E-state index contributed by atoms with van der Waals surface area (Å²) in [5.74, 6) is 0.956. The molecule has 0 unspecified atom stereocenters. The fraction of sp³-hybridized carbons (Fsp3) is 1.00. The maximum atomic E-state index is 2.61. The van der Waals surface area contributed by atoms with Gasteiger partial charge in [0.15, 0.2) is 0 Å². The number of hydrogen-bond donors (Lipinski definition) is 0. The minimum atomic E-state index is 0.956. The number of hydrogen-bond acceptors (Lipinski definition) is 3. The average molecular weight is 197 g/mol. The number of rotatable bonds is 2. The van der Waals surface area contributed by atoms with E-state index in [0.29, 0.717) is 0 Å². The summed E-state index contributed by atoms with van der Waals surface area (Å²) in [5, 5.41) is 0. The van der Waals surface area contributed by atoms with Crippen LogP contribution in [0, 0.1) is 5.92 Å². The van der Waals surface area contributed by atoms with Crippen LogP contribution in [0.25, 0.3) is 0 Å². The highest BCUT2D eigenvalue weighted by atomic mass is 15.4. The zero-order valence-electron chi connectivity index (χ0n) is 9.58. The van der Waals surface area contributed by atoms with Crippen molar-refractivity contribution < 1.29 is 0 Å². The highest BCUT2D eigenvalue weighted by molar-refractivity contribution is 4.76. The average Bonchev–Trinajstić information content (AvgIpc) is 2.56. The van der Waals surface area contributed by atoms with Crippen LogP contribution in [0.5, 0.6) is 0 Å². The maximum absolute atomic E-state index is 2.61. The molecule has 0 aliphatic carbocycles. The molecule has 0 saturated carbocycles. The molecule has 0 amide bonds. The number of nitrogens with zero attached hydrogens (tertiary/aromatic N) is 3. The Kier molecular flexibility index (Phi) is 3.42. The lowest BCUT2D eigenvalue weighted by Crippen LogP contribution is -2.36. The minimum Gasteiger partial charge on any atom is -0.306 e. The lowest BCUT2D eigenvalue weighted by molar-refractivity contribution is 0.165. The Hall–Kier alpha value is -0.120.